The van der Waals surface area contributed by atoms with Gasteiger partial charge in [0.05, 0.1) is 29.5 Å². The predicted molar refractivity (Wildman–Crippen MR) is 128 cm³/mol. The van der Waals surface area contributed by atoms with Crippen LogP contribution in [-0.2, 0) is 17.6 Å². The van der Waals surface area contributed by atoms with Crippen molar-refractivity contribution in [3.8, 4) is 27.9 Å². The van der Waals surface area contributed by atoms with Crippen molar-refractivity contribution in [3.05, 3.63) is 46.6 Å². The number of carbonyl (C=O) groups is 2. The van der Waals surface area contributed by atoms with Crippen molar-refractivity contribution in [2.24, 2.45) is 0 Å². The Balaban J connectivity index is 1.78. The van der Waals surface area contributed by atoms with Gasteiger partial charge in [-0.25, -0.2) is 4.98 Å². The number of rotatable bonds is 8. The summed E-state index contributed by atoms with van der Waals surface area (Å²) in [6, 6.07) is 7.97. The lowest BCUT2D eigenvalue weighted by Gasteiger charge is -2.24. The van der Waals surface area contributed by atoms with E-state index in [9.17, 15) is 9.59 Å². The minimum absolute atomic E-state index is 0.00971. The molecule has 1 aliphatic heterocycles. The number of nitrogens with zero attached hydrogens (tertiary/aromatic N) is 2. The molecule has 0 unspecified atom stereocenters. The Kier molecular flexibility index (Phi) is 6.69. The van der Waals surface area contributed by atoms with Crippen LogP contribution in [0.1, 0.15) is 42.5 Å². The SMILES string of the molecule is COc1cc2c(cc1OC(C)C)-n1c(-c3cccs3)nc(C(=O)NCCNC(C)=O)c1CC2. The molecular formula is C24H28N4O4S. The molecule has 3 aromatic rings. The second kappa shape index (κ2) is 9.66. The summed E-state index contributed by atoms with van der Waals surface area (Å²) in [5.41, 5.74) is 3.33. The number of hydrogen-bond acceptors (Lipinski definition) is 6. The largest absolute Gasteiger partial charge is 0.493 e. The first-order valence-electron chi connectivity index (χ1n) is 10.9. The number of thiophene rings is 1. The highest BCUT2D eigenvalue weighted by molar-refractivity contribution is 7.13. The number of nitrogens with one attached hydrogen (secondary N) is 2. The minimum Gasteiger partial charge on any atom is -0.493 e. The lowest BCUT2D eigenvalue weighted by atomic mass is 9.99. The highest BCUT2D eigenvalue weighted by Gasteiger charge is 2.29. The molecule has 2 aromatic heterocycles. The van der Waals surface area contributed by atoms with Crippen LogP contribution in [0.2, 0.25) is 0 Å². The third-order valence-electron chi connectivity index (χ3n) is 5.31. The third-order valence-corrected chi connectivity index (χ3v) is 6.18. The Morgan fingerprint density at radius 1 is 1.18 bits per heavy atom. The lowest BCUT2D eigenvalue weighted by Crippen LogP contribution is -2.34. The maximum Gasteiger partial charge on any atom is 0.271 e. The maximum atomic E-state index is 13.0. The molecule has 2 N–H and O–H groups in total. The molecule has 3 heterocycles. The summed E-state index contributed by atoms with van der Waals surface area (Å²) in [4.78, 5) is 29.9. The second-order valence-electron chi connectivity index (χ2n) is 8.08. The maximum absolute atomic E-state index is 13.0. The van der Waals surface area contributed by atoms with Crippen LogP contribution in [0.5, 0.6) is 11.5 Å². The average Bonchev–Trinajstić information content (AvgIpc) is 3.43. The van der Waals surface area contributed by atoms with Gasteiger partial charge in [-0.3, -0.25) is 14.2 Å². The summed E-state index contributed by atoms with van der Waals surface area (Å²) in [6.07, 6.45) is 1.42. The number of amides is 2. The molecular weight excluding hydrogens is 440 g/mol. The molecule has 0 saturated heterocycles. The van der Waals surface area contributed by atoms with Gasteiger partial charge in [0.2, 0.25) is 5.91 Å². The van der Waals surface area contributed by atoms with Crippen molar-refractivity contribution < 1.29 is 19.1 Å². The van der Waals surface area contributed by atoms with Crippen LogP contribution < -0.4 is 20.1 Å². The number of imidazole rings is 1. The van der Waals surface area contributed by atoms with Crippen LogP contribution in [-0.4, -0.2) is 47.7 Å². The molecule has 4 rings (SSSR count). The molecule has 8 nitrogen and oxygen atoms in total. The standard InChI is InChI=1S/C24H28N4O4S/c1-14(2)32-20-13-18-16(12-19(20)31-4)7-8-17-22(24(30)26-10-9-25-15(3)29)27-23(28(17)18)21-6-5-11-33-21/h5-6,11-14H,7-10H2,1-4H3,(H,25,29)(H,26,30). The fourth-order valence-electron chi connectivity index (χ4n) is 3.95. The van der Waals surface area contributed by atoms with Crippen molar-refractivity contribution in [3.63, 3.8) is 0 Å². The molecule has 0 aliphatic carbocycles. The van der Waals surface area contributed by atoms with E-state index >= 15 is 0 Å². The zero-order chi connectivity index (χ0) is 23.5. The van der Waals surface area contributed by atoms with E-state index < -0.39 is 0 Å². The Bertz CT molecular complexity index is 1170. The Morgan fingerprint density at radius 2 is 1.97 bits per heavy atom. The number of ether oxygens (including phenoxy) is 2. The fourth-order valence-corrected chi connectivity index (χ4v) is 4.66. The normalized spacial score (nSPS) is 12.2. The molecule has 0 atom stereocenters. The number of benzene rings is 1. The molecule has 1 aromatic carbocycles. The number of fused-ring (bicyclic) bond motifs is 3. The van der Waals surface area contributed by atoms with Gasteiger partial charge in [-0.1, -0.05) is 6.07 Å². The number of aromatic nitrogens is 2. The molecule has 0 bridgehead atoms. The summed E-state index contributed by atoms with van der Waals surface area (Å²) in [5, 5.41) is 7.55. The van der Waals surface area contributed by atoms with Gasteiger partial charge in [0.1, 0.15) is 5.69 Å². The summed E-state index contributed by atoms with van der Waals surface area (Å²) >= 11 is 1.58. The molecule has 0 radical (unpaired) electrons. The van der Waals surface area contributed by atoms with Crippen molar-refractivity contribution in [1.29, 1.82) is 0 Å². The molecule has 0 fully saturated rings. The smallest absolute Gasteiger partial charge is 0.271 e. The minimum atomic E-state index is -0.248. The van der Waals surface area contributed by atoms with Crippen molar-refractivity contribution in [2.45, 2.75) is 39.7 Å². The zero-order valence-electron chi connectivity index (χ0n) is 19.2. The molecule has 0 saturated carbocycles. The Hall–Kier alpha value is -3.33. The first-order valence-corrected chi connectivity index (χ1v) is 11.8. The van der Waals surface area contributed by atoms with E-state index in [0.29, 0.717) is 36.7 Å². The van der Waals surface area contributed by atoms with Crippen LogP contribution in [0.25, 0.3) is 16.4 Å². The summed E-state index contributed by atoms with van der Waals surface area (Å²) in [6.45, 7) is 6.10. The summed E-state index contributed by atoms with van der Waals surface area (Å²) in [7, 11) is 1.64. The third kappa shape index (κ3) is 4.73. The lowest BCUT2D eigenvalue weighted by molar-refractivity contribution is -0.118. The van der Waals surface area contributed by atoms with Gasteiger partial charge in [0.25, 0.3) is 5.91 Å². The Morgan fingerprint density at radius 3 is 2.64 bits per heavy atom. The zero-order valence-corrected chi connectivity index (χ0v) is 20.0. The van der Waals surface area contributed by atoms with Crippen LogP contribution in [0.4, 0.5) is 0 Å². The van der Waals surface area contributed by atoms with E-state index in [0.717, 1.165) is 34.1 Å². The second-order valence-corrected chi connectivity index (χ2v) is 9.03. The first-order chi connectivity index (χ1) is 15.9. The van der Waals surface area contributed by atoms with Gasteiger partial charge >= 0.3 is 0 Å². The van der Waals surface area contributed by atoms with Gasteiger partial charge in [-0.15, -0.1) is 11.3 Å². The monoisotopic (exact) mass is 468 g/mol. The molecule has 174 valence electrons. The molecule has 9 heteroatoms. The number of methoxy groups -OCH3 is 1. The van der Waals surface area contributed by atoms with Gasteiger partial charge in [0, 0.05) is 26.1 Å². The predicted octanol–water partition coefficient (Wildman–Crippen LogP) is 3.36. The first kappa shape index (κ1) is 22.8. The summed E-state index contributed by atoms with van der Waals surface area (Å²) < 4.78 is 13.7. The van der Waals surface area contributed by atoms with E-state index in [4.69, 9.17) is 14.5 Å². The van der Waals surface area contributed by atoms with Crippen LogP contribution in [0.3, 0.4) is 0 Å². The number of hydrogen-bond donors (Lipinski definition) is 2. The number of carbonyl (C=O) groups excluding carboxylic acids is 2. The van der Waals surface area contributed by atoms with Gasteiger partial charge < -0.3 is 20.1 Å². The van der Waals surface area contributed by atoms with E-state index in [1.165, 1.54) is 6.92 Å². The van der Waals surface area contributed by atoms with Crippen molar-refractivity contribution >= 4 is 23.2 Å². The average molecular weight is 469 g/mol. The van der Waals surface area contributed by atoms with Crippen LogP contribution in [0, 0.1) is 0 Å². The van der Waals surface area contributed by atoms with Gasteiger partial charge in [0.15, 0.2) is 17.3 Å². The molecule has 1 aliphatic rings. The van der Waals surface area contributed by atoms with Crippen molar-refractivity contribution in [2.75, 3.05) is 20.2 Å². The van der Waals surface area contributed by atoms with E-state index in [-0.39, 0.29) is 17.9 Å². The van der Waals surface area contributed by atoms with E-state index in [1.807, 2.05) is 43.5 Å². The van der Waals surface area contributed by atoms with Crippen LogP contribution in [0.15, 0.2) is 29.6 Å². The fraction of sp³-hybridized carbons (Fsp3) is 0.375. The number of aryl methyl sites for hydroxylation is 1. The summed E-state index contributed by atoms with van der Waals surface area (Å²) in [5.74, 6) is 1.71. The van der Waals surface area contributed by atoms with Gasteiger partial charge in [-0.2, -0.15) is 0 Å². The molecule has 0 spiro atoms. The molecule has 2 amide bonds. The van der Waals surface area contributed by atoms with E-state index in [1.54, 1.807) is 18.4 Å². The van der Waals surface area contributed by atoms with Crippen molar-refractivity contribution in [1.82, 2.24) is 20.2 Å². The highest BCUT2D eigenvalue weighted by Crippen LogP contribution is 2.40. The topological polar surface area (TPSA) is 94.5 Å². The molecule has 33 heavy (non-hydrogen) atoms. The van der Waals surface area contributed by atoms with Gasteiger partial charge in [-0.05, 0) is 49.8 Å². The quantitative estimate of drug-likeness (QED) is 0.495. The highest BCUT2D eigenvalue weighted by atomic mass is 32.1. The van der Waals surface area contributed by atoms with E-state index in [2.05, 4.69) is 15.2 Å². The Labute approximate surface area is 196 Å². The van der Waals surface area contributed by atoms with Crippen LogP contribution >= 0.6 is 11.3 Å².